The molecule has 0 aliphatic carbocycles. The van der Waals surface area contributed by atoms with Crippen molar-refractivity contribution in [1.29, 1.82) is 0 Å². The van der Waals surface area contributed by atoms with Gasteiger partial charge in [-0.05, 0) is 29.3 Å². The lowest BCUT2D eigenvalue weighted by atomic mass is 10.1. The van der Waals surface area contributed by atoms with Gasteiger partial charge < -0.3 is 14.6 Å². The number of hydrogen-bond donors (Lipinski definition) is 1. The number of sulfonamides is 1. The highest BCUT2D eigenvalue weighted by Gasteiger charge is 2.11. The van der Waals surface area contributed by atoms with E-state index < -0.39 is 10.0 Å². The third-order valence-electron chi connectivity index (χ3n) is 4.51. The predicted molar refractivity (Wildman–Crippen MR) is 114 cm³/mol. The zero-order valence-corrected chi connectivity index (χ0v) is 17.7. The fraction of sp³-hybridized carbons (Fsp3) is 0.238. The minimum Gasteiger partial charge on any atom is -0.484 e. The molecule has 9 heteroatoms. The molecule has 0 aliphatic heterocycles. The summed E-state index contributed by atoms with van der Waals surface area (Å²) in [5, 5.41) is 2.85. The van der Waals surface area contributed by atoms with Crippen LogP contribution in [0.25, 0.3) is 5.69 Å². The van der Waals surface area contributed by atoms with E-state index in [1.54, 1.807) is 36.8 Å². The molecule has 3 rings (SSSR count). The maximum absolute atomic E-state index is 12.2. The number of imidazole rings is 1. The van der Waals surface area contributed by atoms with E-state index in [2.05, 4.69) is 10.3 Å². The predicted octanol–water partition coefficient (Wildman–Crippen LogP) is 1.96. The minimum atomic E-state index is -3.24. The summed E-state index contributed by atoms with van der Waals surface area (Å²) >= 11 is 0. The number of hydrogen-bond acceptors (Lipinski definition) is 5. The second-order valence-electron chi connectivity index (χ2n) is 6.83. The molecule has 8 nitrogen and oxygen atoms in total. The summed E-state index contributed by atoms with van der Waals surface area (Å²) in [5.74, 6) is 0.297. The van der Waals surface area contributed by atoms with Crippen LogP contribution in [-0.4, -0.2) is 48.1 Å². The van der Waals surface area contributed by atoms with Crippen LogP contribution in [0, 0.1) is 0 Å². The van der Waals surface area contributed by atoms with Crippen LogP contribution in [0.1, 0.15) is 11.1 Å². The third-order valence-corrected chi connectivity index (χ3v) is 5.78. The SMILES string of the molecule is CN(Cc1ccc(OCC(=O)NCc2ccccc2-n2ccnc2)cc1)S(C)(=O)=O. The number of aromatic nitrogens is 2. The summed E-state index contributed by atoms with van der Waals surface area (Å²) in [6, 6.07) is 14.7. The Labute approximate surface area is 176 Å². The number of nitrogens with zero attached hydrogens (tertiary/aromatic N) is 3. The van der Waals surface area contributed by atoms with Crippen LogP contribution in [-0.2, 0) is 27.9 Å². The molecule has 0 radical (unpaired) electrons. The minimum absolute atomic E-state index is 0.115. The van der Waals surface area contributed by atoms with E-state index >= 15 is 0 Å². The molecular formula is C21H24N4O4S. The number of para-hydroxylation sites is 1. The molecule has 1 aromatic heterocycles. The van der Waals surface area contributed by atoms with Crippen LogP contribution in [0.2, 0.25) is 0 Å². The van der Waals surface area contributed by atoms with Crippen molar-refractivity contribution in [3.05, 3.63) is 78.4 Å². The van der Waals surface area contributed by atoms with E-state index in [9.17, 15) is 13.2 Å². The normalized spacial score (nSPS) is 11.4. The lowest BCUT2D eigenvalue weighted by Crippen LogP contribution is -2.28. The van der Waals surface area contributed by atoms with Gasteiger partial charge in [-0.25, -0.2) is 17.7 Å². The van der Waals surface area contributed by atoms with Crippen molar-refractivity contribution in [2.45, 2.75) is 13.1 Å². The maximum atomic E-state index is 12.2. The number of carbonyl (C=O) groups is 1. The molecule has 158 valence electrons. The van der Waals surface area contributed by atoms with Crippen molar-refractivity contribution < 1.29 is 17.9 Å². The van der Waals surface area contributed by atoms with Gasteiger partial charge in [0.25, 0.3) is 5.91 Å². The van der Waals surface area contributed by atoms with Gasteiger partial charge in [0.1, 0.15) is 5.75 Å². The van der Waals surface area contributed by atoms with Crippen molar-refractivity contribution in [2.75, 3.05) is 19.9 Å². The molecule has 0 saturated carbocycles. The monoisotopic (exact) mass is 428 g/mol. The summed E-state index contributed by atoms with van der Waals surface area (Å²) in [6.45, 7) is 0.527. The zero-order chi connectivity index (χ0) is 21.6. The Morgan fingerprint density at radius 1 is 1.17 bits per heavy atom. The number of rotatable bonds is 9. The number of nitrogens with one attached hydrogen (secondary N) is 1. The molecule has 0 aliphatic rings. The fourth-order valence-corrected chi connectivity index (χ4v) is 3.16. The molecule has 0 spiro atoms. The van der Waals surface area contributed by atoms with Gasteiger partial charge in [-0.15, -0.1) is 0 Å². The molecule has 0 unspecified atom stereocenters. The van der Waals surface area contributed by atoms with Crippen LogP contribution < -0.4 is 10.1 Å². The molecule has 1 N–H and O–H groups in total. The second kappa shape index (κ2) is 9.55. The van der Waals surface area contributed by atoms with E-state index in [1.165, 1.54) is 11.4 Å². The molecule has 0 bridgehead atoms. The van der Waals surface area contributed by atoms with Gasteiger partial charge in [-0.2, -0.15) is 0 Å². The van der Waals surface area contributed by atoms with Gasteiger partial charge in [0.15, 0.2) is 6.61 Å². The van der Waals surface area contributed by atoms with Gasteiger partial charge in [0.2, 0.25) is 10.0 Å². The van der Waals surface area contributed by atoms with Gasteiger partial charge in [0, 0.05) is 32.5 Å². The zero-order valence-electron chi connectivity index (χ0n) is 16.9. The first-order chi connectivity index (χ1) is 14.3. The number of benzene rings is 2. The molecule has 3 aromatic rings. The van der Waals surface area contributed by atoms with E-state index in [1.807, 2.05) is 35.0 Å². The smallest absolute Gasteiger partial charge is 0.258 e. The first-order valence-corrected chi connectivity index (χ1v) is 11.1. The van der Waals surface area contributed by atoms with Crippen LogP contribution in [0.15, 0.2) is 67.3 Å². The molecule has 0 atom stereocenters. The molecule has 2 aromatic carbocycles. The Balaban J connectivity index is 1.50. The van der Waals surface area contributed by atoms with E-state index in [-0.39, 0.29) is 19.1 Å². The summed E-state index contributed by atoms with van der Waals surface area (Å²) in [4.78, 5) is 16.2. The average molecular weight is 429 g/mol. The van der Waals surface area contributed by atoms with Crippen molar-refractivity contribution in [3.63, 3.8) is 0 Å². The Bertz CT molecular complexity index is 1080. The van der Waals surface area contributed by atoms with Crippen molar-refractivity contribution in [3.8, 4) is 11.4 Å². The number of carbonyl (C=O) groups excluding carboxylic acids is 1. The molecule has 0 fully saturated rings. The first-order valence-electron chi connectivity index (χ1n) is 9.29. The summed E-state index contributed by atoms with van der Waals surface area (Å²) in [7, 11) is -1.71. The van der Waals surface area contributed by atoms with Crippen LogP contribution >= 0.6 is 0 Å². The lowest BCUT2D eigenvalue weighted by molar-refractivity contribution is -0.123. The summed E-state index contributed by atoms with van der Waals surface area (Å²) in [5.41, 5.74) is 2.74. The van der Waals surface area contributed by atoms with Crippen molar-refractivity contribution in [2.24, 2.45) is 0 Å². The van der Waals surface area contributed by atoms with E-state index in [0.29, 0.717) is 12.3 Å². The first kappa shape index (κ1) is 21.5. The van der Waals surface area contributed by atoms with Crippen molar-refractivity contribution in [1.82, 2.24) is 19.2 Å². The molecule has 1 heterocycles. The average Bonchev–Trinajstić information content (AvgIpc) is 3.26. The topological polar surface area (TPSA) is 93.5 Å². The Kier molecular flexibility index (Phi) is 6.86. The lowest BCUT2D eigenvalue weighted by Gasteiger charge is -2.14. The highest BCUT2D eigenvalue weighted by Crippen LogP contribution is 2.15. The Morgan fingerprint density at radius 3 is 2.57 bits per heavy atom. The van der Waals surface area contributed by atoms with Gasteiger partial charge >= 0.3 is 0 Å². The van der Waals surface area contributed by atoms with E-state index in [4.69, 9.17) is 4.74 Å². The Morgan fingerprint density at radius 2 is 1.90 bits per heavy atom. The standard InChI is InChI=1S/C21H24N4O4S/c1-24(30(2,27)28)14-17-7-9-19(10-8-17)29-15-21(26)23-13-18-5-3-4-6-20(18)25-12-11-22-16-25/h3-12,16H,13-15H2,1-2H3,(H,23,26). The van der Waals surface area contributed by atoms with Crippen LogP contribution in [0.5, 0.6) is 5.75 Å². The highest BCUT2D eigenvalue weighted by molar-refractivity contribution is 7.88. The van der Waals surface area contributed by atoms with Gasteiger partial charge in [-0.1, -0.05) is 30.3 Å². The largest absolute Gasteiger partial charge is 0.484 e. The van der Waals surface area contributed by atoms with Gasteiger partial charge in [-0.3, -0.25) is 4.79 Å². The number of ether oxygens (including phenoxy) is 1. The molecular weight excluding hydrogens is 404 g/mol. The summed E-state index contributed by atoms with van der Waals surface area (Å²) < 4.78 is 31.6. The molecule has 1 amide bonds. The molecule has 0 saturated heterocycles. The third kappa shape index (κ3) is 5.91. The summed E-state index contributed by atoms with van der Waals surface area (Å²) in [6.07, 6.45) is 6.42. The van der Waals surface area contributed by atoms with Crippen LogP contribution in [0.4, 0.5) is 0 Å². The Hall–Kier alpha value is -3.17. The van der Waals surface area contributed by atoms with E-state index in [0.717, 1.165) is 23.1 Å². The van der Waals surface area contributed by atoms with Crippen LogP contribution in [0.3, 0.4) is 0 Å². The highest BCUT2D eigenvalue weighted by atomic mass is 32.2. The van der Waals surface area contributed by atoms with Gasteiger partial charge in [0.05, 0.1) is 18.3 Å². The van der Waals surface area contributed by atoms with Crippen molar-refractivity contribution >= 4 is 15.9 Å². The molecule has 30 heavy (non-hydrogen) atoms. The maximum Gasteiger partial charge on any atom is 0.258 e. The number of amides is 1. The fourth-order valence-electron chi connectivity index (χ4n) is 2.77. The second-order valence-corrected chi connectivity index (χ2v) is 8.92. The quantitative estimate of drug-likeness (QED) is 0.562.